The topological polar surface area (TPSA) is 884 Å². The van der Waals surface area contributed by atoms with Gasteiger partial charge >= 0.3 is 0 Å². The van der Waals surface area contributed by atoms with Crippen molar-refractivity contribution < 1.29 is 234 Å². The zero-order chi connectivity index (χ0) is 98.7. The summed E-state index contributed by atoms with van der Waals surface area (Å²) in [5, 5.41) is 308. The van der Waals surface area contributed by atoms with Crippen LogP contribution in [0.5, 0.6) is 0 Å². The summed E-state index contributed by atoms with van der Waals surface area (Å²) in [5.41, 5.74) is 0. The summed E-state index contributed by atoms with van der Waals surface area (Å²) in [4.78, 5) is 73.9. The molecule has 0 radical (unpaired) electrons. The molecule has 6 amide bonds. The highest BCUT2D eigenvalue weighted by Crippen LogP contribution is 2.33. The number of amides is 6. The van der Waals surface area contributed by atoms with Crippen LogP contribution in [0.4, 0.5) is 0 Å². The van der Waals surface area contributed by atoms with Gasteiger partial charge in [0, 0.05) is 53.4 Å². The molecule has 0 aromatic carbocycles. The molecule has 0 aliphatic carbocycles. The maximum absolute atomic E-state index is 13.2. The van der Waals surface area contributed by atoms with E-state index in [4.69, 9.17) is 56.8 Å². The lowest BCUT2D eigenvalue weighted by Gasteiger charge is -2.45. The van der Waals surface area contributed by atoms with E-state index in [1.54, 1.807) is 13.8 Å². The SMILES string of the molecule is C.CCCNC(=O)[C@H](NC(C)=O)[C@@H](O)C[C@H](O)CO[C@H]1O[C@@H](C)[C@@H](O)[C@@H](O)[C@@H]1O.CCCNC(=O)[C@H](NC(C)=O)[C@@H](O[C@@H]1O[C@H](C)[C@H](O)[C@@H](O)[C@@H]1O)[C@H](O[C@@H]1O[C@H](CO)[C@H](O)[C@H](O)[C@H]1O)[C@H](O)CO.CCCNC(=O)[C@H](NC(C)=O)[C@@H](O[C@@H]1O[C@H](CO)[C@H](O)[C@H](O)[C@H]1O)[C@H](O[C@@H]1O[C@@H](C)[C@@H](O)[C@@H](O)[C@@H]1O)[C@H](O)CO.CCCNC[C@H](O)[C@@H](O)[C@@H](CO)O[C@@H]1OC[C@@H](O)[C@H](O)[C@H]1O. The molecule has 0 aromatic heterocycles. The van der Waals surface area contributed by atoms with Crippen LogP contribution in [0, 0.1) is 0 Å². The number of rotatable bonds is 45. The summed E-state index contributed by atoms with van der Waals surface area (Å²) >= 11 is 0. The van der Waals surface area contributed by atoms with Crippen molar-refractivity contribution in [3.63, 3.8) is 0 Å². The molecule has 6 fully saturated rings. The van der Waals surface area contributed by atoms with Gasteiger partial charge in [0.2, 0.25) is 35.4 Å². The molecule has 6 rings (SSSR count). The van der Waals surface area contributed by atoms with E-state index in [0.29, 0.717) is 32.4 Å². The van der Waals surface area contributed by atoms with Gasteiger partial charge in [-0.1, -0.05) is 35.1 Å². The molecular weight excluding hydrogens is 1770 g/mol. The minimum atomic E-state index is -1.97. The monoisotopic (exact) mass is 1920 g/mol. The highest BCUT2D eigenvalue weighted by atomic mass is 16.8. The average Bonchev–Trinajstić information content (AvgIpc) is 0.785. The molecule has 6 saturated heterocycles. The zero-order valence-electron chi connectivity index (χ0n) is 73.7. The normalized spacial score (nSPS) is 35.2. The lowest BCUT2D eigenvalue weighted by Crippen LogP contribution is -2.66. The third kappa shape index (κ3) is 36.5. The van der Waals surface area contributed by atoms with Gasteiger partial charge in [-0.2, -0.15) is 0 Å². The standard InChI is InChI=1S/2C23H42N2O15.C17H32N2O9.C13H27NO8.CH4/c1-4-5-24-21(36)12(25-9(3)28)20(40-22-17(34)15(32)13(30)8(2)37-22)19(10(29)6-26)39-23-18(35)16(33)14(31)11(7-27)38-23;1-4-5-24-21(36)12(25-9(3)28)20(40-23-18(35)16(33)14(31)11(7-27)38-23)19(10(29)6-26)39-22-17(34)15(32)13(30)8(2)37-22;1-4-5-18-16(26)12(19-9(3)20)11(22)6-10(21)7-27-17-15(25)14(24)13(23)8(2)28-17;1-2-3-14-4-7(16)10(18)9(5-15)22-13-12(20)11(19)8(17)6-21-13;/h2*8,10-20,22-23,26-27,29-35H,4-7H2,1-3H3,(H,24,36)(H,25,28);8,10-15,17,21-25H,4-7H2,1-3H3,(H,18,26)(H,19,20);7-20H,2-6H2,1H3;1H4/t8-,10-,11-,12-,13+,14+,15-,16+,17+,18-,19-,20-,22+,23+;8-,10+,11+,12+,13+,14-,15+,16-,17-,18+,19+,20+,22-,23-;8-,10-,11-,12+,13+,14+,15-,17-;7-,8+,9+,10+,11-,12+,13-;/m1000./s1. The van der Waals surface area contributed by atoms with Crippen molar-refractivity contribution in [2.24, 2.45) is 0 Å². The average molecular weight is 1920 g/mol. The smallest absolute Gasteiger partial charge is 0.245 e. The van der Waals surface area contributed by atoms with Crippen molar-refractivity contribution in [3.8, 4) is 0 Å². The lowest BCUT2D eigenvalue weighted by molar-refractivity contribution is -0.346. The summed E-state index contributed by atoms with van der Waals surface area (Å²) in [6.45, 7) is 11.4. The minimum Gasteiger partial charge on any atom is -0.394 e. The first-order valence-corrected chi connectivity index (χ1v) is 42.6. The van der Waals surface area contributed by atoms with E-state index in [9.17, 15) is 177 Å². The Hall–Kier alpha value is -4.86. The molecule has 131 heavy (non-hydrogen) atoms. The first-order chi connectivity index (χ1) is 61.1. The third-order valence-corrected chi connectivity index (χ3v) is 21.1. The van der Waals surface area contributed by atoms with Crippen molar-refractivity contribution >= 4 is 35.4 Å². The van der Waals surface area contributed by atoms with Crippen molar-refractivity contribution in [2.75, 3.05) is 79.0 Å². The second-order valence-corrected chi connectivity index (χ2v) is 31.9. The van der Waals surface area contributed by atoms with E-state index in [-0.39, 0.29) is 46.7 Å². The highest BCUT2D eigenvalue weighted by Gasteiger charge is 2.55. The van der Waals surface area contributed by atoms with Crippen molar-refractivity contribution in [1.29, 1.82) is 0 Å². The van der Waals surface area contributed by atoms with Gasteiger partial charge < -0.3 is 242 Å². The molecule has 6 heterocycles. The van der Waals surface area contributed by atoms with Gasteiger partial charge in [0.1, 0.15) is 189 Å². The fraction of sp³-hybridized carbons (Fsp3) is 0.922. The number of carbonyl (C=O) groups is 6. The Morgan fingerprint density at radius 3 is 1.02 bits per heavy atom. The molecule has 54 heteroatoms. The second kappa shape index (κ2) is 60.8. The molecule has 43 atom stereocenters. The first kappa shape index (κ1) is 122. The molecule has 0 saturated carbocycles. The van der Waals surface area contributed by atoms with Crippen molar-refractivity contribution in [1.82, 2.24) is 37.2 Å². The Bertz CT molecular complexity index is 3210. The molecule has 772 valence electrons. The van der Waals surface area contributed by atoms with E-state index in [2.05, 4.69) is 37.2 Å². The summed E-state index contributed by atoms with van der Waals surface area (Å²) in [5.74, 6) is -4.30. The first-order valence-electron chi connectivity index (χ1n) is 42.6. The number of hydrogen-bond donors (Lipinski definition) is 36. The predicted molar refractivity (Wildman–Crippen MR) is 437 cm³/mol. The van der Waals surface area contributed by atoms with Crippen LogP contribution in [-0.4, -0.2) is 526 Å². The molecule has 0 aromatic rings. The van der Waals surface area contributed by atoms with E-state index < -0.39 is 332 Å². The molecule has 36 N–H and O–H groups in total. The molecule has 6 aliphatic rings. The largest absolute Gasteiger partial charge is 0.394 e. The fourth-order valence-corrected chi connectivity index (χ4v) is 13.5. The maximum Gasteiger partial charge on any atom is 0.245 e. The molecule has 6 aliphatic heterocycles. The number of aliphatic hydroxyl groups is 29. The summed E-state index contributed by atoms with van der Waals surface area (Å²) in [6, 6.07) is -4.68. The van der Waals surface area contributed by atoms with E-state index in [1.165, 1.54) is 27.7 Å². The van der Waals surface area contributed by atoms with Crippen LogP contribution in [-0.2, 0) is 85.6 Å². The third-order valence-electron chi connectivity index (χ3n) is 21.1. The minimum absolute atomic E-state index is 0. The van der Waals surface area contributed by atoms with Crippen LogP contribution in [0.1, 0.15) is 109 Å². The van der Waals surface area contributed by atoms with Crippen LogP contribution in [0.15, 0.2) is 0 Å². The van der Waals surface area contributed by atoms with Crippen LogP contribution in [0.25, 0.3) is 0 Å². The quantitative estimate of drug-likeness (QED) is 0.0252. The van der Waals surface area contributed by atoms with Gasteiger partial charge in [-0.05, 0) is 53.0 Å². The Morgan fingerprint density at radius 2 is 0.679 bits per heavy atom. The van der Waals surface area contributed by atoms with Gasteiger partial charge in [0.25, 0.3) is 0 Å². The molecule has 0 bridgehead atoms. The molecule has 0 unspecified atom stereocenters. The molecule has 54 nitrogen and oxygen atoms in total. The van der Waals surface area contributed by atoms with E-state index >= 15 is 0 Å². The second-order valence-electron chi connectivity index (χ2n) is 31.9. The Kier molecular flexibility index (Phi) is 56.7. The Labute approximate surface area is 755 Å². The zero-order valence-corrected chi connectivity index (χ0v) is 73.7. The maximum atomic E-state index is 13.2. The summed E-state index contributed by atoms with van der Waals surface area (Å²) in [7, 11) is 0. The number of hydrogen-bond acceptors (Lipinski definition) is 48. The van der Waals surface area contributed by atoms with Gasteiger partial charge in [0.15, 0.2) is 37.7 Å². The Morgan fingerprint density at radius 1 is 0.359 bits per heavy atom. The van der Waals surface area contributed by atoms with E-state index in [0.717, 1.165) is 20.3 Å². The number of carbonyl (C=O) groups excluding carboxylic acids is 6. The van der Waals surface area contributed by atoms with Crippen molar-refractivity contribution in [3.05, 3.63) is 0 Å². The molecule has 0 spiro atoms. The lowest BCUT2D eigenvalue weighted by atomic mass is 9.96. The van der Waals surface area contributed by atoms with Crippen LogP contribution in [0.2, 0.25) is 0 Å². The van der Waals surface area contributed by atoms with Gasteiger partial charge in [-0.15, -0.1) is 0 Å². The van der Waals surface area contributed by atoms with E-state index in [1.807, 2.05) is 13.8 Å². The van der Waals surface area contributed by atoms with Gasteiger partial charge in [-0.25, -0.2) is 0 Å². The number of nitrogens with one attached hydrogen (secondary N) is 7. The summed E-state index contributed by atoms with van der Waals surface area (Å²) < 4.78 is 65.3. The van der Waals surface area contributed by atoms with Gasteiger partial charge in [-0.3, -0.25) is 28.8 Å². The van der Waals surface area contributed by atoms with Crippen molar-refractivity contribution in [2.45, 2.75) is 372 Å². The Balaban J connectivity index is 0.000000605. The van der Waals surface area contributed by atoms with Crippen LogP contribution in [0.3, 0.4) is 0 Å². The number of ether oxygens (including phenoxy) is 12. The number of aliphatic hydroxyl groups excluding tert-OH is 29. The molecular formula is C77H147N7O47. The van der Waals surface area contributed by atoms with Crippen LogP contribution < -0.4 is 37.2 Å². The highest BCUT2D eigenvalue weighted by molar-refractivity contribution is 5.89. The van der Waals surface area contributed by atoms with Gasteiger partial charge in [0.05, 0.1) is 82.9 Å². The summed E-state index contributed by atoms with van der Waals surface area (Å²) in [6.07, 6.45) is -61.4. The fourth-order valence-electron chi connectivity index (χ4n) is 13.5. The van der Waals surface area contributed by atoms with Crippen LogP contribution >= 0.6 is 0 Å². The predicted octanol–water partition coefficient (Wildman–Crippen LogP) is -18.3.